The van der Waals surface area contributed by atoms with E-state index in [-0.39, 0.29) is 35.9 Å². The minimum atomic E-state index is -0.995. The van der Waals surface area contributed by atoms with Gasteiger partial charge in [-0.1, -0.05) is 20.8 Å². The Morgan fingerprint density at radius 3 is 2.06 bits per heavy atom. The number of rotatable bonds is 4. The highest BCUT2D eigenvalue weighted by atomic mass is 16.5. The van der Waals surface area contributed by atoms with Gasteiger partial charge in [-0.05, 0) is 25.7 Å². The van der Waals surface area contributed by atoms with Crippen molar-refractivity contribution < 1.29 is 19.4 Å². The molecule has 1 saturated heterocycles. The van der Waals surface area contributed by atoms with Gasteiger partial charge in [-0.2, -0.15) is 0 Å². The van der Waals surface area contributed by atoms with Gasteiger partial charge in [-0.3, -0.25) is 4.79 Å². The van der Waals surface area contributed by atoms with E-state index in [1.807, 2.05) is 20.8 Å². The van der Waals surface area contributed by atoms with E-state index < -0.39 is 12.0 Å². The molecule has 1 fully saturated rings. The molecule has 1 heterocycles. The summed E-state index contributed by atoms with van der Waals surface area (Å²) in [6.45, 7) is 9.31. The average Bonchev–Trinajstić information content (AvgIpc) is 2.48. The number of hydrogen-bond donors (Lipinski definition) is 2. The summed E-state index contributed by atoms with van der Waals surface area (Å²) in [5.41, 5.74) is 0. The number of carbonyl (C=O) groups is 2. The molecule has 1 aliphatic heterocycles. The molecular weight excluding hydrogens is 234 g/mol. The molecule has 1 aliphatic rings. The van der Waals surface area contributed by atoms with E-state index in [0.717, 1.165) is 0 Å². The SMILES string of the molecule is CC1OC(C)C(C(=O)N[C@H](C(=O)O)C(C)C)C1C. The lowest BCUT2D eigenvalue weighted by Gasteiger charge is -2.23. The molecule has 2 N–H and O–H groups in total. The van der Waals surface area contributed by atoms with Crippen LogP contribution in [0.3, 0.4) is 0 Å². The summed E-state index contributed by atoms with van der Waals surface area (Å²) in [7, 11) is 0. The Labute approximate surface area is 108 Å². The Hall–Kier alpha value is -1.10. The average molecular weight is 257 g/mol. The van der Waals surface area contributed by atoms with E-state index in [1.165, 1.54) is 0 Å². The van der Waals surface area contributed by atoms with E-state index in [2.05, 4.69) is 5.32 Å². The van der Waals surface area contributed by atoms with E-state index in [9.17, 15) is 9.59 Å². The van der Waals surface area contributed by atoms with Gasteiger partial charge >= 0.3 is 5.97 Å². The highest BCUT2D eigenvalue weighted by Gasteiger charge is 2.42. The quantitative estimate of drug-likeness (QED) is 0.795. The third kappa shape index (κ3) is 3.02. The summed E-state index contributed by atoms with van der Waals surface area (Å²) in [6, 6.07) is -0.840. The summed E-state index contributed by atoms with van der Waals surface area (Å²) in [6.07, 6.45) is -0.144. The van der Waals surface area contributed by atoms with Crippen LogP contribution in [0.1, 0.15) is 34.6 Å². The first kappa shape index (κ1) is 15.0. The lowest BCUT2D eigenvalue weighted by molar-refractivity contribution is -0.144. The van der Waals surface area contributed by atoms with Gasteiger partial charge in [0, 0.05) is 0 Å². The van der Waals surface area contributed by atoms with Gasteiger partial charge in [-0.15, -0.1) is 0 Å². The zero-order chi connectivity index (χ0) is 14.0. The Bertz CT molecular complexity index is 329. The molecule has 5 nitrogen and oxygen atoms in total. The van der Waals surface area contributed by atoms with Gasteiger partial charge in [0.2, 0.25) is 5.91 Å². The third-order valence-corrected chi connectivity index (χ3v) is 3.78. The molecule has 0 spiro atoms. The van der Waals surface area contributed by atoms with Gasteiger partial charge in [0.05, 0.1) is 18.1 Å². The highest BCUT2D eigenvalue weighted by Crippen LogP contribution is 2.32. The summed E-state index contributed by atoms with van der Waals surface area (Å²) < 4.78 is 5.60. The Kier molecular flexibility index (Phi) is 4.73. The number of carboxylic acid groups (broad SMARTS) is 1. The van der Waals surface area contributed by atoms with Crippen molar-refractivity contribution in [3.8, 4) is 0 Å². The minimum Gasteiger partial charge on any atom is -0.480 e. The van der Waals surface area contributed by atoms with Crippen molar-refractivity contribution in [2.45, 2.75) is 52.9 Å². The second kappa shape index (κ2) is 5.69. The number of aliphatic carboxylic acids is 1. The molecule has 4 unspecified atom stereocenters. The number of nitrogens with one attached hydrogen (secondary N) is 1. The molecule has 0 bridgehead atoms. The molecule has 1 rings (SSSR count). The van der Waals surface area contributed by atoms with Crippen molar-refractivity contribution in [3.05, 3.63) is 0 Å². The van der Waals surface area contributed by atoms with Crippen molar-refractivity contribution in [1.82, 2.24) is 5.32 Å². The molecule has 1 amide bonds. The van der Waals surface area contributed by atoms with Crippen LogP contribution in [0.15, 0.2) is 0 Å². The summed E-state index contributed by atoms with van der Waals surface area (Å²) in [5.74, 6) is -1.54. The largest absolute Gasteiger partial charge is 0.480 e. The predicted octanol–water partition coefficient (Wildman–Crippen LogP) is 1.27. The molecule has 0 aromatic heterocycles. The van der Waals surface area contributed by atoms with Crippen LogP contribution >= 0.6 is 0 Å². The van der Waals surface area contributed by atoms with Gasteiger partial charge in [-0.25, -0.2) is 4.79 Å². The maximum atomic E-state index is 12.2. The van der Waals surface area contributed by atoms with Crippen LogP contribution in [0.2, 0.25) is 0 Å². The van der Waals surface area contributed by atoms with Crippen molar-refractivity contribution in [2.75, 3.05) is 0 Å². The molecule has 0 aromatic rings. The van der Waals surface area contributed by atoms with Crippen molar-refractivity contribution >= 4 is 11.9 Å². The van der Waals surface area contributed by atoms with E-state index in [1.54, 1.807) is 13.8 Å². The normalized spacial score (nSPS) is 33.4. The fourth-order valence-corrected chi connectivity index (χ4v) is 2.48. The predicted molar refractivity (Wildman–Crippen MR) is 67.1 cm³/mol. The molecule has 0 radical (unpaired) electrons. The zero-order valence-electron chi connectivity index (χ0n) is 11.6. The van der Waals surface area contributed by atoms with Crippen molar-refractivity contribution in [3.63, 3.8) is 0 Å². The van der Waals surface area contributed by atoms with Crippen LogP contribution in [0.5, 0.6) is 0 Å². The number of hydrogen-bond acceptors (Lipinski definition) is 3. The Balaban J connectivity index is 2.73. The topological polar surface area (TPSA) is 75.6 Å². The lowest BCUT2D eigenvalue weighted by atomic mass is 9.88. The van der Waals surface area contributed by atoms with Crippen LogP contribution in [0.4, 0.5) is 0 Å². The number of carboxylic acids is 1. The molecule has 18 heavy (non-hydrogen) atoms. The molecule has 0 aromatic carbocycles. The molecule has 5 heteroatoms. The van der Waals surface area contributed by atoms with Crippen LogP contribution in [0.25, 0.3) is 0 Å². The third-order valence-electron chi connectivity index (χ3n) is 3.78. The van der Waals surface area contributed by atoms with Crippen LogP contribution in [-0.2, 0) is 14.3 Å². The molecular formula is C13H23NO4. The standard InChI is InChI=1S/C13H23NO4/c1-6(2)11(13(16)17)14-12(15)10-7(3)8(4)18-9(10)5/h6-11H,1-5H3,(H,14,15)(H,16,17)/t7?,8?,9?,10?,11-/m0/s1. The first-order valence-electron chi connectivity index (χ1n) is 6.44. The fraction of sp³-hybridized carbons (Fsp3) is 0.846. The molecule has 104 valence electrons. The smallest absolute Gasteiger partial charge is 0.326 e. The Morgan fingerprint density at radius 2 is 1.72 bits per heavy atom. The first-order chi connectivity index (χ1) is 8.25. The summed E-state index contributed by atoms with van der Waals surface area (Å²) in [4.78, 5) is 23.2. The van der Waals surface area contributed by atoms with Crippen molar-refractivity contribution in [2.24, 2.45) is 17.8 Å². The van der Waals surface area contributed by atoms with Crippen LogP contribution in [0, 0.1) is 17.8 Å². The number of amides is 1. The van der Waals surface area contributed by atoms with Crippen molar-refractivity contribution in [1.29, 1.82) is 0 Å². The highest BCUT2D eigenvalue weighted by molar-refractivity contribution is 5.85. The summed E-state index contributed by atoms with van der Waals surface area (Å²) >= 11 is 0. The van der Waals surface area contributed by atoms with E-state index in [4.69, 9.17) is 9.84 Å². The number of ether oxygens (including phenoxy) is 1. The molecule has 0 aliphatic carbocycles. The fourth-order valence-electron chi connectivity index (χ4n) is 2.48. The maximum Gasteiger partial charge on any atom is 0.326 e. The second-order valence-corrected chi connectivity index (χ2v) is 5.50. The second-order valence-electron chi connectivity index (χ2n) is 5.50. The zero-order valence-corrected chi connectivity index (χ0v) is 11.6. The van der Waals surface area contributed by atoms with Gasteiger partial charge in [0.25, 0.3) is 0 Å². The summed E-state index contributed by atoms with van der Waals surface area (Å²) in [5, 5.41) is 11.7. The van der Waals surface area contributed by atoms with E-state index in [0.29, 0.717) is 0 Å². The number of carbonyl (C=O) groups excluding carboxylic acids is 1. The van der Waals surface area contributed by atoms with Gasteiger partial charge in [0.1, 0.15) is 6.04 Å². The minimum absolute atomic E-state index is 0.0260. The Morgan fingerprint density at radius 1 is 1.17 bits per heavy atom. The van der Waals surface area contributed by atoms with Gasteiger partial charge in [0.15, 0.2) is 0 Å². The van der Waals surface area contributed by atoms with Gasteiger partial charge < -0.3 is 15.2 Å². The lowest BCUT2D eigenvalue weighted by Crippen LogP contribution is -2.48. The van der Waals surface area contributed by atoms with Crippen LogP contribution < -0.4 is 5.32 Å². The molecule has 0 saturated carbocycles. The maximum absolute atomic E-state index is 12.2. The van der Waals surface area contributed by atoms with Crippen LogP contribution in [-0.4, -0.2) is 35.2 Å². The first-order valence-corrected chi connectivity index (χ1v) is 6.44. The molecule has 5 atom stereocenters. The van der Waals surface area contributed by atoms with E-state index >= 15 is 0 Å². The monoisotopic (exact) mass is 257 g/mol.